The molecule has 0 atom stereocenters. The third-order valence-corrected chi connectivity index (χ3v) is 2.49. The fourth-order valence-corrected chi connectivity index (χ4v) is 1.72. The van der Waals surface area contributed by atoms with Gasteiger partial charge in [-0.1, -0.05) is 25.8 Å². The summed E-state index contributed by atoms with van der Waals surface area (Å²) in [5.41, 5.74) is 9.52. The average Bonchev–Trinajstić information content (AvgIpc) is 2.63. The van der Waals surface area contributed by atoms with Crippen molar-refractivity contribution in [2.45, 2.75) is 45.4 Å². The topological polar surface area (TPSA) is 67.5 Å². The maximum atomic E-state index is 10.5. The van der Waals surface area contributed by atoms with Gasteiger partial charge >= 0.3 is 6.03 Å². The molecule has 0 unspecified atom stereocenters. The minimum absolute atomic E-state index is 0.595. The van der Waals surface area contributed by atoms with Crippen molar-refractivity contribution in [3.63, 3.8) is 0 Å². The van der Waals surface area contributed by atoms with Crippen LogP contribution >= 0.6 is 0 Å². The molecule has 1 rings (SSSR count). The fraction of sp³-hybridized carbons (Fsp3) is 0.636. The first-order valence-corrected chi connectivity index (χ1v) is 5.55. The maximum absolute atomic E-state index is 10.5. The van der Waals surface area contributed by atoms with Crippen molar-refractivity contribution in [2.24, 2.45) is 10.8 Å². The average molecular weight is 209 g/mol. The number of hydrazone groups is 1. The number of nitrogens with two attached hydrogens (primary N) is 1. The summed E-state index contributed by atoms with van der Waals surface area (Å²) in [6.07, 6.45) is 8.87. The van der Waals surface area contributed by atoms with E-state index in [9.17, 15) is 4.79 Å². The van der Waals surface area contributed by atoms with Crippen molar-refractivity contribution in [1.82, 2.24) is 5.43 Å². The van der Waals surface area contributed by atoms with Crippen LogP contribution in [0.25, 0.3) is 0 Å². The van der Waals surface area contributed by atoms with Crippen LogP contribution in [-0.2, 0) is 0 Å². The first-order valence-electron chi connectivity index (χ1n) is 5.55. The van der Waals surface area contributed by atoms with Gasteiger partial charge in [0, 0.05) is 0 Å². The standard InChI is InChI=1S/C11H19N3O/c1-2-3-4-6-9-7-5-8-10(9)13-14-11(12)15/h7H,2-6,8H2,1H3,(H3,12,14,15)/b13-10-. The van der Waals surface area contributed by atoms with Crippen LogP contribution in [0.5, 0.6) is 0 Å². The Labute approximate surface area is 90.6 Å². The summed E-state index contributed by atoms with van der Waals surface area (Å²) < 4.78 is 0. The van der Waals surface area contributed by atoms with Crippen molar-refractivity contribution in [2.75, 3.05) is 0 Å². The van der Waals surface area contributed by atoms with Crippen LogP contribution in [0.1, 0.15) is 45.4 Å². The first-order chi connectivity index (χ1) is 7.24. The number of carbonyl (C=O) groups excluding carboxylic acids is 1. The number of unbranched alkanes of at least 4 members (excludes halogenated alkanes) is 2. The molecule has 2 amide bonds. The molecule has 4 heteroatoms. The Bertz CT molecular complexity index is 282. The van der Waals surface area contributed by atoms with Crippen molar-refractivity contribution in [1.29, 1.82) is 0 Å². The van der Waals surface area contributed by atoms with Gasteiger partial charge in [0.1, 0.15) is 0 Å². The van der Waals surface area contributed by atoms with Gasteiger partial charge in [-0.2, -0.15) is 5.10 Å². The molecule has 0 aromatic rings. The normalized spacial score (nSPS) is 17.9. The molecule has 3 N–H and O–H groups in total. The summed E-state index contributed by atoms with van der Waals surface area (Å²) in [4.78, 5) is 10.5. The Morgan fingerprint density at radius 2 is 2.40 bits per heavy atom. The van der Waals surface area contributed by atoms with Gasteiger partial charge in [0.05, 0.1) is 5.71 Å². The number of nitrogens with one attached hydrogen (secondary N) is 1. The van der Waals surface area contributed by atoms with E-state index in [0.717, 1.165) is 25.0 Å². The lowest BCUT2D eigenvalue weighted by Gasteiger charge is -2.04. The SMILES string of the molecule is CCCCCC1=CCC/C1=N/NC(N)=O. The molecule has 0 spiro atoms. The van der Waals surface area contributed by atoms with E-state index in [0.29, 0.717) is 0 Å². The Morgan fingerprint density at radius 3 is 3.07 bits per heavy atom. The van der Waals surface area contributed by atoms with Gasteiger partial charge in [0.25, 0.3) is 0 Å². The molecule has 1 aliphatic carbocycles. The summed E-state index contributed by atoms with van der Waals surface area (Å²) in [6.45, 7) is 2.19. The molecule has 4 nitrogen and oxygen atoms in total. The highest BCUT2D eigenvalue weighted by Crippen LogP contribution is 2.20. The van der Waals surface area contributed by atoms with Gasteiger partial charge in [0.15, 0.2) is 0 Å². The number of hydrogen-bond acceptors (Lipinski definition) is 2. The lowest BCUT2D eigenvalue weighted by atomic mass is 10.1. The number of allylic oxidation sites excluding steroid dienone is 2. The minimum Gasteiger partial charge on any atom is -0.350 e. The molecule has 0 saturated heterocycles. The number of primary amides is 1. The number of rotatable bonds is 5. The highest BCUT2D eigenvalue weighted by atomic mass is 16.2. The van der Waals surface area contributed by atoms with E-state index in [-0.39, 0.29) is 0 Å². The molecular formula is C11H19N3O. The molecule has 0 radical (unpaired) electrons. The van der Waals surface area contributed by atoms with Crippen molar-refractivity contribution in [3.8, 4) is 0 Å². The molecule has 0 aliphatic heterocycles. The van der Waals surface area contributed by atoms with Crippen LogP contribution in [0.15, 0.2) is 16.8 Å². The molecule has 0 heterocycles. The molecular weight excluding hydrogens is 190 g/mol. The Balaban J connectivity index is 2.41. The fourth-order valence-electron chi connectivity index (χ4n) is 1.72. The molecule has 84 valence electrons. The number of urea groups is 1. The summed E-state index contributed by atoms with van der Waals surface area (Å²) in [7, 11) is 0. The van der Waals surface area contributed by atoms with Crippen molar-refractivity contribution >= 4 is 11.7 Å². The second-order valence-corrected chi connectivity index (χ2v) is 3.76. The highest BCUT2D eigenvalue weighted by Gasteiger charge is 2.12. The zero-order valence-electron chi connectivity index (χ0n) is 9.25. The maximum Gasteiger partial charge on any atom is 0.332 e. The van der Waals surface area contributed by atoms with Crippen molar-refractivity contribution < 1.29 is 4.79 Å². The molecule has 0 saturated carbocycles. The molecule has 0 aromatic heterocycles. The van der Waals surface area contributed by atoms with Crippen LogP contribution in [0, 0.1) is 0 Å². The van der Waals surface area contributed by atoms with Crippen LogP contribution in [0.4, 0.5) is 4.79 Å². The smallest absolute Gasteiger partial charge is 0.332 e. The second-order valence-electron chi connectivity index (χ2n) is 3.76. The number of amides is 2. The van der Waals surface area contributed by atoms with E-state index in [4.69, 9.17) is 5.73 Å². The van der Waals surface area contributed by atoms with Gasteiger partial charge in [-0.3, -0.25) is 0 Å². The zero-order valence-corrected chi connectivity index (χ0v) is 9.25. The Kier molecular flexibility index (Phi) is 4.87. The lowest BCUT2D eigenvalue weighted by Crippen LogP contribution is -2.25. The van der Waals surface area contributed by atoms with Crippen molar-refractivity contribution in [3.05, 3.63) is 11.6 Å². The molecule has 0 aromatic carbocycles. The first kappa shape index (κ1) is 11.8. The third kappa shape index (κ3) is 4.14. The van der Waals surface area contributed by atoms with Crippen LogP contribution < -0.4 is 11.2 Å². The van der Waals surface area contributed by atoms with E-state index in [1.54, 1.807) is 0 Å². The Hall–Kier alpha value is -1.32. The van der Waals surface area contributed by atoms with Gasteiger partial charge in [-0.05, 0) is 31.3 Å². The van der Waals surface area contributed by atoms with Gasteiger partial charge in [0.2, 0.25) is 0 Å². The van der Waals surface area contributed by atoms with E-state index >= 15 is 0 Å². The van der Waals surface area contributed by atoms with E-state index < -0.39 is 6.03 Å². The Morgan fingerprint density at radius 1 is 1.60 bits per heavy atom. The molecule has 15 heavy (non-hydrogen) atoms. The number of nitrogens with zero attached hydrogens (tertiary/aromatic N) is 1. The second kappa shape index (κ2) is 6.22. The summed E-state index contributed by atoms with van der Waals surface area (Å²) in [5.74, 6) is 0. The van der Waals surface area contributed by atoms with E-state index in [2.05, 4.69) is 23.5 Å². The predicted octanol–water partition coefficient (Wildman–Crippen LogP) is 2.31. The lowest BCUT2D eigenvalue weighted by molar-refractivity contribution is 0.249. The predicted molar refractivity (Wildman–Crippen MR) is 61.6 cm³/mol. The van der Waals surface area contributed by atoms with Crippen LogP contribution in [0.3, 0.4) is 0 Å². The van der Waals surface area contributed by atoms with Gasteiger partial charge in [-0.15, -0.1) is 0 Å². The number of hydrogen-bond donors (Lipinski definition) is 2. The minimum atomic E-state index is -0.595. The molecule has 0 bridgehead atoms. The largest absolute Gasteiger partial charge is 0.350 e. The van der Waals surface area contributed by atoms with Gasteiger partial charge in [-0.25, -0.2) is 10.2 Å². The summed E-state index contributed by atoms with van der Waals surface area (Å²) in [5, 5.41) is 4.01. The number of carbonyl (C=O) groups is 1. The highest BCUT2D eigenvalue weighted by molar-refractivity contribution is 6.02. The third-order valence-electron chi connectivity index (χ3n) is 2.49. The molecule has 0 fully saturated rings. The van der Waals surface area contributed by atoms with E-state index in [1.165, 1.54) is 24.8 Å². The van der Waals surface area contributed by atoms with Crippen LogP contribution in [-0.4, -0.2) is 11.7 Å². The monoisotopic (exact) mass is 209 g/mol. The van der Waals surface area contributed by atoms with Crippen LogP contribution in [0.2, 0.25) is 0 Å². The quantitative estimate of drug-likeness (QED) is 0.529. The summed E-state index contributed by atoms with van der Waals surface area (Å²) in [6, 6.07) is -0.595. The molecule has 1 aliphatic rings. The van der Waals surface area contributed by atoms with E-state index in [1.807, 2.05) is 0 Å². The summed E-state index contributed by atoms with van der Waals surface area (Å²) >= 11 is 0. The van der Waals surface area contributed by atoms with Gasteiger partial charge < -0.3 is 5.73 Å². The zero-order chi connectivity index (χ0) is 11.1.